The largest absolute Gasteiger partial charge is 0.464 e. The van der Waals surface area contributed by atoms with Crippen LogP contribution in [0.25, 0.3) is 0 Å². The molecule has 0 saturated heterocycles. The molecule has 0 radical (unpaired) electrons. The number of carbonyl (C=O) groups excluding carboxylic acids is 1. The summed E-state index contributed by atoms with van der Waals surface area (Å²) in [6.45, 7) is 5.79. The first-order valence-electron chi connectivity index (χ1n) is 11.5. The van der Waals surface area contributed by atoms with Crippen LogP contribution in [-0.4, -0.2) is 35.3 Å². The van der Waals surface area contributed by atoms with Crippen LogP contribution in [0, 0.1) is 18.6 Å². The lowest BCUT2D eigenvalue weighted by Gasteiger charge is -2.27. The molecule has 3 rings (SSSR count). The molecule has 0 spiro atoms. The molecule has 0 aliphatic rings. The first-order valence-corrected chi connectivity index (χ1v) is 11.5. The molecule has 0 aliphatic carbocycles. The Morgan fingerprint density at radius 3 is 2.42 bits per heavy atom. The summed E-state index contributed by atoms with van der Waals surface area (Å²) in [6.07, 6.45) is 2.53. The molecule has 0 N–H and O–H groups in total. The number of aryl methyl sites for hydroxylation is 1. The van der Waals surface area contributed by atoms with Crippen LogP contribution in [0.1, 0.15) is 42.4 Å². The fourth-order valence-corrected chi connectivity index (χ4v) is 3.76. The predicted octanol–water partition coefficient (Wildman–Crippen LogP) is 5.74. The first-order chi connectivity index (χ1) is 16.0. The maximum Gasteiger partial charge on any atom is 0.237 e. The van der Waals surface area contributed by atoms with Crippen molar-refractivity contribution in [2.75, 3.05) is 19.6 Å². The Kier molecular flexibility index (Phi) is 9.19. The third-order valence-electron chi connectivity index (χ3n) is 5.62. The number of hydrogen-bond donors (Lipinski definition) is 0. The molecule has 4 nitrogen and oxygen atoms in total. The number of hydrogen-bond acceptors (Lipinski definition) is 3. The molecule has 3 aromatic rings. The molecule has 176 valence electrons. The minimum Gasteiger partial charge on any atom is -0.464 e. The number of nitrogens with zero attached hydrogens (tertiary/aromatic N) is 2. The van der Waals surface area contributed by atoms with Gasteiger partial charge in [0.25, 0.3) is 0 Å². The van der Waals surface area contributed by atoms with Gasteiger partial charge in [-0.2, -0.15) is 0 Å². The number of unbranched alkanes of at least 4 members (excludes halogenated alkanes) is 1. The van der Waals surface area contributed by atoms with Crippen LogP contribution >= 0.6 is 0 Å². The van der Waals surface area contributed by atoms with E-state index in [0.717, 1.165) is 42.4 Å². The normalized spacial score (nSPS) is 11.2. The van der Waals surface area contributed by atoms with Crippen molar-refractivity contribution in [3.05, 3.63) is 94.9 Å². The molecule has 1 heterocycles. The van der Waals surface area contributed by atoms with E-state index < -0.39 is 11.6 Å². The molecule has 0 atom stereocenters. The van der Waals surface area contributed by atoms with Gasteiger partial charge in [-0.25, -0.2) is 8.78 Å². The molecule has 1 aromatic heterocycles. The molecule has 1 amide bonds. The molecule has 33 heavy (non-hydrogen) atoms. The van der Waals surface area contributed by atoms with E-state index in [9.17, 15) is 13.6 Å². The highest BCUT2D eigenvalue weighted by Gasteiger charge is 2.20. The van der Waals surface area contributed by atoms with Gasteiger partial charge in [0.1, 0.15) is 11.5 Å². The smallest absolute Gasteiger partial charge is 0.237 e. The van der Waals surface area contributed by atoms with Crippen molar-refractivity contribution in [1.29, 1.82) is 0 Å². The number of rotatable bonds is 12. The minimum absolute atomic E-state index is 0.0621. The fraction of sp³-hybridized carbons (Fsp3) is 0.370. The van der Waals surface area contributed by atoms with E-state index in [2.05, 4.69) is 6.92 Å². The summed E-state index contributed by atoms with van der Waals surface area (Å²) in [5.74, 6) is -0.255. The number of furan rings is 1. The topological polar surface area (TPSA) is 36.7 Å². The van der Waals surface area contributed by atoms with Crippen molar-refractivity contribution >= 4 is 5.91 Å². The summed E-state index contributed by atoms with van der Waals surface area (Å²) in [7, 11) is 0. The first kappa shape index (κ1) is 24.6. The van der Waals surface area contributed by atoms with Gasteiger partial charge < -0.3 is 9.32 Å². The van der Waals surface area contributed by atoms with Crippen LogP contribution in [0.4, 0.5) is 8.78 Å². The van der Waals surface area contributed by atoms with Crippen molar-refractivity contribution in [3.8, 4) is 0 Å². The summed E-state index contributed by atoms with van der Waals surface area (Å²) in [5, 5.41) is 0. The fourth-order valence-electron chi connectivity index (χ4n) is 3.76. The molecule has 0 bridgehead atoms. The van der Waals surface area contributed by atoms with Crippen molar-refractivity contribution in [2.24, 2.45) is 0 Å². The van der Waals surface area contributed by atoms with Gasteiger partial charge in [-0.15, -0.1) is 0 Å². The van der Waals surface area contributed by atoms with Gasteiger partial charge in [0.05, 0.1) is 13.1 Å². The Bertz CT molecular complexity index is 1020. The lowest BCUT2D eigenvalue weighted by atomic mass is 10.1. The highest BCUT2D eigenvalue weighted by atomic mass is 19.2. The quantitative estimate of drug-likeness (QED) is 0.350. The maximum absolute atomic E-state index is 14.3. The monoisotopic (exact) mass is 454 g/mol. The van der Waals surface area contributed by atoms with E-state index in [1.807, 2.05) is 54.3 Å². The zero-order valence-corrected chi connectivity index (χ0v) is 19.4. The van der Waals surface area contributed by atoms with Gasteiger partial charge in [-0.05, 0) is 50.1 Å². The predicted molar refractivity (Wildman–Crippen MR) is 126 cm³/mol. The molecule has 0 aliphatic heterocycles. The third kappa shape index (κ3) is 7.53. The van der Waals surface area contributed by atoms with Gasteiger partial charge in [-0.3, -0.25) is 9.69 Å². The lowest BCUT2D eigenvalue weighted by Crippen LogP contribution is -2.41. The lowest BCUT2D eigenvalue weighted by molar-refractivity contribution is -0.133. The summed E-state index contributed by atoms with van der Waals surface area (Å²) >= 11 is 0. The van der Waals surface area contributed by atoms with Gasteiger partial charge in [0, 0.05) is 18.7 Å². The Morgan fingerprint density at radius 1 is 0.939 bits per heavy atom. The summed E-state index contributed by atoms with van der Waals surface area (Å²) in [6, 6.07) is 18.0. The van der Waals surface area contributed by atoms with E-state index in [1.165, 1.54) is 6.07 Å². The molecule has 2 aromatic carbocycles. The Balaban J connectivity index is 1.73. The average Bonchev–Trinajstić information content (AvgIpc) is 3.23. The van der Waals surface area contributed by atoms with Crippen molar-refractivity contribution in [1.82, 2.24) is 9.80 Å². The van der Waals surface area contributed by atoms with E-state index >= 15 is 0 Å². The molecule has 0 fully saturated rings. The van der Waals surface area contributed by atoms with Crippen molar-refractivity contribution in [3.63, 3.8) is 0 Å². The maximum atomic E-state index is 14.3. The van der Waals surface area contributed by atoms with Crippen molar-refractivity contribution < 1.29 is 18.0 Å². The van der Waals surface area contributed by atoms with Crippen LogP contribution in [0.5, 0.6) is 0 Å². The average molecular weight is 455 g/mol. The summed E-state index contributed by atoms with van der Waals surface area (Å²) in [5.41, 5.74) is 1.41. The van der Waals surface area contributed by atoms with Gasteiger partial charge in [0.2, 0.25) is 5.91 Å². The zero-order valence-electron chi connectivity index (χ0n) is 19.4. The van der Waals surface area contributed by atoms with Crippen LogP contribution < -0.4 is 0 Å². The molecule has 6 heteroatoms. The highest BCUT2D eigenvalue weighted by Crippen LogP contribution is 2.16. The van der Waals surface area contributed by atoms with Crippen LogP contribution in [0.2, 0.25) is 0 Å². The highest BCUT2D eigenvalue weighted by molar-refractivity contribution is 5.78. The van der Waals surface area contributed by atoms with Gasteiger partial charge >= 0.3 is 0 Å². The zero-order chi connectivity index (χ0) is 23.6. The summed E-state index contributed by atoms with van der Waals surface area (Å²) < 4.78 is 33.7. The van der Waals surface area contributed by atoms with Crippen LogP contribution in [-0.2, 0) is 24.3 Å². The Morgan fingerprint density at radius 2 is 1.73 bits per heavy atom. The molecule has 0 saturated carbocycles. The summed E-state index contributed by atoms with van der Waals surface area (Å²) in [4.78, 5) is 17.0. The van der Waals surface area contributed by atoms with E-state index in [4.69, 9.17) is 4.42 Å². The van der Waals surface area contributed by atoms with Crippen LogP contribution in [0.3, 0.4) is 0 Å². The second-order valence-electron chi connectivity index (χ2n) is 8.34. The third-order valence-corrected chi connectivity index (χ3v) is 5.62. The van der Waals surface area contributed by atoms with Gasteiger partial charge in [0.15, 0.2) is 11.6 Å². The molecule has 0 unspecified atom stereocenters. The number of carbonyl (C=O) groups is 1. The molecular weight excluding hydrogens is 422 g/mol. The number of halogens is 2. The molecular formula is C27H32F2N2O2. The standard InChI is InChI=1S/C27H32F2N2O2/c1-3-4-16-30(18-23-11-8-12-25(28)27(23)29)20-26(32)31(19-24-14-13-21(2)33-24)17-15-22-9-6-5-7-10-22/h5-14H,3-4,15-20H2,1-2H3. The Labute approximate surface area is 194 Å². The second kappa shape index (κ2) is 12.3. The second-order valence-corrected chi connectivity index (χ2v) is 8.34. The van der Waals surface area contributed by atoms with E-state index in [1.54, 1.807) is 11.0 Å². The van der Waals surface area contributed by atoms with Crippen LogP contribution in [0.15, 0.2) is 65.1 Å². The Hall–Kier alpha value is -2.99. The number of benzene rings is 2. The number of amides is 1. The SMILES string of the molecule is CCCCN(CC(=O)N(CCc1ccccc1)Cc1ccc(C)o1)Cc1cccc(F)c1F. The van der Waals surface area contributed by atoms with E-state index in [-0.39, 0.29) is 24.6 Å². The van der Waals surface area contributed by atoms with Gasteiger partial charge in [-0.1, -0.05) is 55.8 Å². The van der Waals surface area contributed by atoms with Crippen molar-refractivity contribution in [2.45, 2.75) is 46.2 Å². The minimum atomic E-state index is -0.869. The van der Waals surface area contributed by atoms with E-state index in [0.29, 0.717) is 19.6 Å².